The first kappa shape index (κ1) is 19.2. The Morgan fingerprint density at radius 3 is 2.67 bits per heavy atom. The third kappa shape index (κ3) is 3.18. The number of aliphatic carboxylic acids is 1. The molecule has 0 spiro atoms. The van der Waals surface area contributed by atoms with Gasteiger partial charge in [-0.3, -0.25) is 4.79 Å². The number of allylic oxidation sites excluding steroid dienone is 1. The molecule has 3 N–H and O–H groups in total. The predicted octanol–water partition coefficient (Wildman–Crippen LogP) is 3.54. The van der Waals surface area contributed by atoms with Crippen molar-refractivity contribution in [3.05, 3.63) is 23.8 Å². The van der Waals surface area contributed by atoms with Crippen LogP contribution < -0.4 is 0 Å². The van der Waals surface area contributed by atoms with Crippen LogP contribution >= 0.6 is 0 Å². The van der Waals surface area contributed by atoms with E-state index < -0.39 is 17.5 Å². The van der Waals surface area contributed by atoms with E-state index in [0.29, 0.717) is 6.42 Å². The van der Waals surface area contributed by atoms with Gasteiger partial charge in [0.1, 0.15) is 0 Å². The fraction of sp³-hybridized carbons (Fsp3) is 0.750. The number of carboxylic acid groups (broad SMARTS) is 1. The second kappa shape index (κ2) is 7.01. The van der Waals surface area contributed by atoms with Gasteiger partial charge in [-0.1, -0.05) is 31.6 Å². The van der Waals surface area contributed by atoms with Crippen LogP contribution in [0.2, 0.25) is 0 Å². The molecule has 5 unspecified atom stereocenters. The maximum absolute atomic E-state index is 12.0. The zero-order valence-electron chi connectivity index (χ0n) is 15.2. The summed E-state index contributed by atoms with van der Waals surface area (Å²) in [6.07, 6.45) is 5.91. The van der Waals surface area contributed by atoms with E-state index >= 15 is 0 Å². The van der Waals surface area contributed by atoms with Crippen LogP contribution in [0, 0.1) is 22.7 Å². The van der Waals surface area contributed by atoms with Gasteiger partial charge in [-0.2, -0.15) is 0 Å². The van der Waals surface area contributed by atoms with Crippen molar-refractivity contribution in [1.29, 1.82) is 0 Å². The zero-order chi connectivity index (χ0) is 18.1. The summed E-state index contributed by atoms with van der Waals surface area (Å²) in [7, 11) is 0. The van der Waals surface area contributed by atoms with Crippen molar-refractivity contribution in [3.63, 3.8) is 0 Å². The summed E-state index contributed by atoms with van der Waals surface area (Å²) in [5.41, 5.74) is 1.08. The average molecular weight is 336 g/mol. The maximum atomic E-state index is 12.0. The predicted molar refractivity (Wildman–Crippen MR) is 94.5 cm³/mol. The van der Waals surface area contributed by atoms with Gasteiger partial charge >= 0.3 is 5.97 Å². The van der Waals surface area contributed by atoms with E-state index in [1.54, 1.807) is 6.08 Å². The molecule has 0 amide bonds. The lowest BCUT2D eigenvalue weighted by molar-refractivity contribution is -0.164. The van der Waals surface area contributed by atoms with Crippen molar-refractivity contribution >= 4 is 5.97 Å². The second-order valence-corrected chi connectivity index (χ2v) is 8.27. The monoisotopic (exact) mass is 336 g/mol. The highest BCUT2D eigenvalue weighted by molar-refractivity contribution is 5.75. The molecule has 2 aliphatic carbocycles. The smallest absolute Gasteiger partial charge is 0.309 e. The van der Waals surface area contributed by atoms with Crippen molar-refractivity contribution in [2.75, 3.05) is 6.61 Å². The Balaban J connectivity index is 2.32. The summed E-state index contributed by atoms with van der Waals surface area (Å²) < 4.78 is 0. The molecule has 24 heavy (non-hydrogen) atoms. The first-order valence-corrected chi connectivity index (χ1v) is 9.03. The minimum absolute atomic E-state index is 0.0779. The second-order valence-electron chi connectivity index (χ2n) is 8.27. The first-order valence-electron chi connectivity index (χ1n) is 9.03. The van der Waals surface area contributed by atoms with Gasteiger partial charge in [0.05, 0.1) is 18.1 Å². The van der Waals surface area contributed by atoms with Gasteiger partial charge in [-0.05, 0) is 68.8 Å². The number of aliphatic hydroxyl groups is 2. The molecule has 0 heterocycles. The number of hydrogen-bond donors (Lipinski definition) is 3. The van der Waals surface area contributed by atoms with Crippen LogP contribution in [0.25, 0.3) is 0 Å². The van der Waals surface area contributed by atoms with E-state index in [-0.39, 0.29) is 23.9 Å². The van der Waals surface area contributed by atoms with Crippen molar-refractivity contribution in [2.24, 2.45) is 22.7 Å². The quantitative estimate of drug-likeness (QED) is 0.671. The van der Waals surface area contributed by atoms with E-state index in [0.717, 1.165) is 43.3 Å². The highest BCUT2D eigenvalue weighted by Crippen LogP contribution is 2.62. The molecule has 5 atom stereocenters. The SMILES string of the molecule is C=C1CCC2C(C)(C(=O)O)CCCC2(C)C1CC(O)C(C)=CCO. The molecule has 0 aromatic rings. The van der Waals surface area contributed by atoms with Crippen LogP contribution in [0.3, 0.4) is 0 Å². The van der Waals surface area contributed by atoms with Gasteiger partial charge in [-0.25, -0.2) is 0 Å². The Bertz CT molecular complexity index is 538. The van der Waals surface area contributed by atoms with E-state index in [1.165, 1.54) is 0 Å². The Morgan fingerprint density at radius 2 is 2.08 bits per heavy atom. The molecule has 0 aromatic carbocycles. The highest BCUT2D eigenvalue weighted by atomic mass is 16.4. The standard InChI is InChI=1S/C20H32O4/c1-13-6-7-17-19(3,9-5-10-20(17,4)18(23)24)15(13)12-16(22)14(2)8-11-21/h8,15-17,21-22H,1,5-7,9-12H2,2-4H3,(H,23,24). The molecule has 2 rings (SSSR count). The minimum Gasteiger partial charge on any atom is -0.481 e. The van der Waals surface area contributed by atoms with E-state index in [1.807, 2.05) is 13.8 Å². The molecular weight excluding hydrogens is 304 g/mol. The van der Waals surface area contributed by atoms with Crippen LogP contribution in [0.1, 0.15) is 59.3 Å². The summed E-state index contributed by atoms with van der Waals surface area (Å²) in [6.45, 7) is 10.1. The van der Waals surface area contributed by atoms with Crippen LogP contribution in [0.4, 0.5) is 0 Å². The van der Waals surface area contributed by atoms with Crippen LogP contribution in [-0.4, -0.2) is 34.0 Å². The normalized spacial score (nSPS) is 38.5. The summed E-state index contributed by atoms with van der Waals surface area (Å²) in [6, 6.07) is 0. The third-order valence-corrected chi connectivity index (χ3v) is 6.91. The molecule has 0 aliphatic heterocycles. The average Bonchev–Trinajstić information content (AvgIpc) is 2.50. The van der Waals surface area contributed by atoms with Crippen molar-refractivity contribution in [2.45, 2.75) is 65.4 Å². The molecule has 0 aromatic heterocycles. The molecule has 4 nitrogen and oxygen atoms in total. The van der Waals surface area contributed by atoms with E-state index in [4.69, 9.17) is 5.11 Å². The lowest BCUT2D eigenvalue weighted by atomic mass is 9.46. The summed E-state index contributed by atoms with van der Waals surface area (Å²) in [5, 5.41) is 29.4. The van der Waals surface area contributed by atoms with Crippen LogP contribution in [0.5, 0.6) is 0 Å². The lowest BCUT2D eigenvalue weighted by Gasteiger charge is -2.57. The summed E-state index contributed by atoms with van der Waals surface area (Å²) in [5.74, 6) is -0.463. The Kier molecular flexibility index (Phi) is 5.61. The number of rotatable bonds is 5. The molecule has 0 saturated heterocycles. The Hall–Kier alpha value is -1.13. The molecule has 2 aliphatic rings. The molecule has 2 fully saturated rings. The zero-order valence-corrected chi connectivity index (χ0v) is 15.2. The number of carboxylic acids is 1. The van der Waals surface area contributed by atoms with Gasteiger partial charge in [0, 0.05) is 0 Å². The third-order valence-electron chi connectivity index (χ3n) is 6.91. The van der Waals surface area contributed by atoms with E-state index in [9.17, 15) is 15.0 Å². The molecule has 2 saturated carbocycles. The first-order chi connectivity index (χ1) is 11.2. The van der Waals surface area contributed by atoms with Crippen molar-refractivity contribution in [1.82, 2.24) is 0 Å². The fourth-order valence-corrected chi connectivity index (χ4v) is 5.33. The largest absolute Gasteiger partial charge is 0.481 e. The molecule has 0 bridgehead atoms. The lowest BCUT2D eigenvalue weighted by Crippen LogP contribution is -2.53. The number of fused-ring (bicyclic) bond motifs is 1. The molecular formula is C20H32O4. The maximum Gasteiger partial charge on any atom is 0.309 e. The van der Waals surface area contributed by atoms with Gasteiger partial charge in [-0.15, -0.1) is 0 Å². The topological polar surface area (TPSA) is 77.8 Å². The molecule has 0 radical (unpaired) electrons. The Labute approximate surface area is 145 Å². The van der Waals surface area contributed by atoms with Gasteiger partial charge in [0.15, 0.2) is 0 Å². The summed E-state index contributed by atoms with van der Waals surface area (Å²) >= 11 is 0. The van der Waals surface area contributed by atoms with Crippen molar-refractivity contribution < 1.29 is 20.1 Å². The van der Waals surface area contributed by atoms with Crippen LogP contribution in [-0.2, 0) is 4.79 Å². The Morgan fingerprint density at radius 1 is 1.42 bits per heavy atom. The van der Waals surface area contributed by atoms with Gasteiger partial charge in [0.2, 0.25) is 0 Å². The van der Waals surface area contributed by atoms with Gasteiger partial charge in [0.25, 0.3) is 0 Å². The van der Waals surface area contributed by atoms with Gasteiger partial charge < -0.3 is 15.3 Å². The minimum atomic E-state index is -0.693. The number of aliphatic hydroxyl groups excluding tert-OH is 2. The highest BCUT2D eigenvalue weighted by Gasteiger charge is 2.57. The van der Waals surface area contributed by atoms with E-state index in [2.05, 4.69) is 13.5 Å². The van der Waals surface area contributed by atoms with Crippen LogP contribution in [0.15, 0.2) is 23.8 Å². The summed E-state index contributed by atoms with van der Waals surface area (Å²) in [4.78, 5) is 12.0. The number of hydrogen-bond acceptors (Lipinski definition) is 3. The molecule has 4 heteroatoms. The van der Waals surface area contributed by atoms with Crippen molar-refractivity contribution in [3.8, 4) is 0 Å². The fourth-order valence-electron chi connectivity index (χ4n) is 5.33. The molecule has 136 valence electrons. The number of carbonyl (C=O) groups is 1.